The Morgan fingerprint density at radius 1 is 1.12 bits per heavy atom. The highest BCUT2D eigenvalue weighted by Gasteiger charge is 2.10. The first kappa shape index (κ1) is 11.8. The fourth-order valence-electron chi connectivity index (χ4n) is 1.80. The molecule has 0 bridgehead atoms. The molecule has 4 heteroatoms. The molecule has 90 valence electrons. The predicted molar refractivity (Wildman–Crippen MR) is 62.7 cm³/mol. The molecule has 2 nitrogen and oxygen atoms in total. The Kier molecular flexibility index (Phi) is 3.54. The molecule has 1 N–H and O–H groups in total. The zero-order chi connectivity index (χ0) is 12.3. The molecule has 17 heavy (non-hydrogen) atoms. The maximum atomic E-state index is 13.5. The van der Waals surface area contributed by atoms with Gasteiger partial charge in [0.05, 0.1) is 6.54 Å². The van der Waals surface area contributed by atoms with Gasteiger partial charge in [-0.3, -0.25) is 0 Å². The molecule has 0 amide bonds. The van der Waals surface area contributed by atoms with Crippen LogP contribution in [0.3, 0.4) is 0 Å². The molecule has 0 atom stereocenters. The summed E-state index contributed by atoms with van der Waals surface area (Å²) in [6, 6.07) is 7.72. The van der Waals surface area contributed by atoms with Crippen LogP contribution >= 0.6 is 0 Å². The number of hydrogen-bond acceptors (Lipinski definition) is 1. The van der Waals surface area contributed by atoms with Crippen molar-refractivity contribution in [3.05, 3.63) is 59.4 Å². The molecule has 0 aliphatic carbocycles. The van der Waals surface area contributed by atoms with Crippen molar-refractivity contribution in [2.75, 3.05) is 7.05 Å². The molecule has 0 radical (unpaired) electrons. The first-order chi connectivity index (χ1) is 8.22. The summed E-state index contributed by atoms with van der Waals surface area (Å²) in [5, 5.41) is 3.02. The van der Waals surface area contributed by atoms with E-state index in [1.54, 1.807) is 0 Å². The molecule has 0 aliphatic rings. The fraction of sp³-hybridized carbons (Fsp3) is 0.231. The highest BCUT2D eigenvalue weighted by Crippen LogP contribution is 2.15. The first-order valence-corrected chi connectivity index (χ1v) is 5.44. The quantitative estimate of drug-likeness (QED) is 0.863. The van der Waals surface area contributed by atoms with Gasteiger partial charge >= 0.3 is 0 Å². The van der Waals surface area contributed by atoms with Crippen molar-refractivity contribution >= 4 is 0 Å². The van der Waals surface area contributed by atoms with Crippen molar-refractivity contribution < 1.29 is 8.78 Å². The Morgan fingerprint density at radius 2 is 1.82 bits per heavy atom. The normalized spacial score (nSPS) is 10.8. The lowest BCUT2D eigenvalue weighted by Crippen LogP contribution is -2.12. The second-order valence-electron chi connectivity index (χ2n) is 3.86. The van der Waals surface area contributed by atoms with Gasteiger partial charge in [0.1, 0.15) is 11.6 Å². The number of hydrogen-bond donors (Lipinski definition) is 1. The van der Waals surface area contributed by atoms with Gasteiger partial charge in [-0.05, 0) is 31.3 Å². The number of nitrogens with zero attached hydrogens (tertiary/aromatic N) is 1. The molecule has 0 spiro atoms. The maximum Gasteiger partial charge on any atom is 0.131 e. The van der Waals surface area contributed by atoms with Gasteiger partial charge in [0.2, 0.25) is 0 Å². The fourth-order valence-corrected chi connectivity index (χ4v) is 1.80. The smallest absolute Gasteiger partial charge is 0.131 e. The summed E-state index contributed by atoms with van der Waals surface area (Å²) in [6.45, 7) is 0.881. The Hall–Kier alpha value is -1.68. The third-order valence-electron chi connectivity index (χ3n) is 2.67. The van der Waals surface area contributed by atoms with Gasteiger partial charge in [-0.15, -0.1) is 0 Å². The number of halogens is 2. The van der Waals surface area contributed by atoms with Crippen LogP contribution in [0.25, 0.3) is 0 Å². The zero-order valence-corrected chi connectivity index (χ0v) is 9.58. The molecule has 2 rings (SSSR count). The molecule has 0 unspecified atom stereocenters. The summed E-state index contributed by atoms with van der Waals surface area (Å²) in [5.41, 5.74) is 1.09. The van der Waals surface area contributed by atoms with E-state index in [2.05, 4.69) is 5.32 Å². The average Bonchev–Trinajstić information content (AvgIpc) is 2.72. The Bertz CT molecular complexity index is 486. The Balaban J connectivity index is 2.28. The number of aromatic nitrogens is 1. The molecule has 0 fully saturated rings. The van der Waals surface area contributed by atoms with Crippen LogP contribution in [-0.4, -0.2) is 11.6 Å². The van der Waals surface area contributed by atoms with Gasteiger partial charge in [-0.2, -0.15) is 0 Å². The van der Waals surface area contributed by atoms with Gasteiger partial charge in [0, 0.05) is 24.0 Å². The van der Waals surface area contributed by atoms with E-state index in [0.29, 0.717) is 6.54 Å². The second-order valence-corrected chi connectivity index (χ2v) is 3.86. The monoisotopic (exact) mass is 236 g/mol. The highest BCUT2D eigenvalue weighted by atomic mass is 19.1. The van der Waals surface area contributed by atoms with Crippen molar-refractivity contribution in [2.24, 2.45) is 0 Å². The SMILES string of the molecule is CNCc1cccn1Cc1c(F)cccc1F. The van der Waals surface area contributed by atoms with Crippen LogP contribution in [0.1, 0.15) is 11.3 Å². The lowest BCUT2D eigenvalue weighted by molar-refractivity contribution is 0.540. The van der Waals surface area contributed by atoms with Crippen LogP contribution in [0.15, 0.2) is 36.5 Å². The van der Waals surface area contributed by atoms with Gasteiger partial charge in [-0.25, -0.2) is 8.78 Å². The third kappa shape index (κ3) is 2.53. The highest BCUT2D eigenvalue weighted by molar-refractivity contribution is 5.21. The van der Waals surface area contributed by atoms with Crippen molar-refractivity contribution in [1.82, 2.24) is 9.88 Å². The third-order valence-corrected chi connectivity index (χ3v) is 2.67. The van der Waals surface area contributed by atoms with Gasteiger partial charge in [0.15, 0.2) is 0 Å². The summed E-state index contributed by atoms with van der Waals surface area (Å²) in [5.74, 6) is -1.01. The minimum absolute atomic E-state index is 0.0982. The molecular weight excluding hydrogens is 222 g/mol. The van der Waals surface area contributed by atoms with Crippen LogP contribution < -0.4 is 5.32 Å². The molecule has 0 saturated carbocycles. The van der Waals surface area contributed by atoms with Crippen molar-refractivity contribution in [3.8, 4) is 0 Å². The summed E-state index contributed by atoms with van der Waals surface area (Å²) in [7, 11) is 1.83. The number of rotatable bonds is 4. The topological polar surface area (TPSA) is 17.0 Å². The Morgan fingerprint density at radius 3 is 2.47 bits per heavy atom. The molecule has 0 saturated heterocycles. The van der Waals surface area contributed by atoms with E-state index >= 15 is 0 Å². The lowest BCUT2D eigenvalue weighted by Gasteiger charge is -2.10. The van der Waals surface area contributed by atoms with Crippen molar-refractivity contribution in [3.63, 3.8) is 0 Å². The molecule has 1 aromatic carbocycles. The molecule has 1 heterocycles. The van der Waals surface area contributed by atoms with E-state index < -0.39 is 11.6 Å². The minimum atomic E-state index is -0.505. The van der Waals surface area contributed by atoms with Crippen LogP contribution in [-0.2, 0) is 13.1 Å². The van der Waals surface area contributed by atoms with Gasteiger partial charge in [-0.1, -0.05) is 6.07 Å². The van der Waals surface area contributed by atoms with Gasteiger partial charge in [0.25, 0.3) is 0 Å². The summed E-state index contributed by atoms with van der Waals surface area (Å²) in [6.07, 6.45) is 1.82. The standard InChI is InChI=1S/C13H14F2N2/c1-16-8-10-4-3-7-17(10)9-11-12(14)5-2-6-13(11)15/h2-7,16H,8-9H2,1H3. The Labute approximate surface area is 98.9 Å². The zero-order valence-electron chi connectivity index (χ0n) is 9.58. The van der Waals surface area contributed by atoms with Crippen LogP contribution in [0.4, 0.5) is 8.78 Å². The first-order valence-electron chi connectivity index (χ1n) is 5.44. The second kappa shape index (κ2) is 5.10. The summed E-state index contributed by atoms with van der Waals surface area (Å²) in [4.78, 5) is 0. The average molecular weight is 236 g/mol. The maximum absolute atomic E-state index is 13.5. The van der Waals surface area contributed by atoms with Crippen molar-refractivity contribution in [2.45, 2.75) is 13.1 Å². The van der Waals surface area contributed by atoms with E-state index in [1.807, 2.05) is 29.9 Å². The van der Waals surface area contributed by atoms with Crippen LogP contribution in [0.5, 0.6) is 0 Å². The van der Waals surface area contributed by atoms with E-state index in [-0.39, 0.29) is 12.1 Å². The van der Waals surface area contributed by atoms with Crippen LogP contribution in [0.2, 0.25) is 0 Å². The molecule has 2 aromatic rings. The largest absolute Gasteiger partial charge is 0.346 e. The molecular formula is C13H14F2N2. The summed E-state index contributed by atoms with van der Waals surface area (Å²) < 4.78 is 28.8. The van der Waals surface area contributed by atoms with E-state index in [4.69, 9.17) is 0 Å². The minimum Gasteiger partial charge on any atom is -0.346 e. The van der Waals surface area contributed by atoms with Crippen molar-refractivity contribution in [1.29, 1.82) is 0 Å². The molecule has 1 aromatic heterocycles. The molecule has 0 aliphatic heterocycles. The predicted octanol–water partition coefficient (Wildman–Crippen LogP) is 2.53. The van der Waals surface area contributed by atoms with E-state index in [1.165, 1.54) is 18.2 Å². The van der Waals surface area contributed by atoms with E-state index in [9.17, 15) is 8.78 Å². The lowest BCUT2D eigenvalue weighted by atomic mass is 10.2. The van der Waals surface area contributed by atoms with E-state index in [0.717, 1.165) is 5.69 Å². The van der Waals surface area contributed by atoms with Crippen LogP contribution in [0, 0.1) is 11.6 Å². The summed E-state index contributed by atoms with van der Waals surface area (Å²) >= 11 is 0. The number of nitrogens with one attached hydrogen (secondary N) is 1. The number of benzene rings is 1. The van der Waals surface area contributed by atoms with Gasteiger partial charge < -0.3 is 9.88 Å².